The van der Waals surface area contributed by atoms with Crippen LogP contribution in [0.15, 0.2) is 34.8 Å². The molecule has 0 aliphatic heterocycles. The maximum absolute atomic E-state index is 12.3. The molecule has 20 heavy (non-hydrogen) atoms. The first-order chi connectivity index (χ1) is 9.38. The highest BCUT2D eigenvalue weighted by atomic mass is 79.9. The Morgan fingerprint density at radius 1 is 1.15 bits per heavy atom. The summed E-state index contributed by atoms with van der Waals surface area (Å²) >= 11 is 15.6. The summed E-state index contributed by atoms with van der Waals surface area (Å²) in [5.41, 5.74) is 2.84. The number of rotatable bonds is 2. The Hall–Kier alpha value is -1.03. The van der Waals surface area contributed by atoms with Crippen LogP contribution in [0.1, 0.15) is 21.5 Å². The molecule has 1 N–H and O–H groups in total. The van der Waals surface area contributed by atoms with E-state index in [9.17, 15) is 4.79 Å². The molecule has 0 fully saturated rings. The van der Waals surface area contributed by atoms with Gasteiger partial charge in [0, 0.05) is 10.0 Å². The normalized spacial score (nSPS) is 10.4. The molecule has 2 aromatic rings. The van der Waals surface area contributed by atoms with Gasteiger partial charge in [-0.1, -0.05) is 45.2 Å². The van der Waals surface area contributed by atoms with E-state index in [0.29, 0.717) is 21.3 Å². The van der Waals surface area contributed by atoms with Gasteiger partial charge in [-0.25, -0.2) is 0 Å². The third kappa shape index (κ3) is 3.35. The van der Waals surface area contributed by atoms with Crippen molar-refractivity contribution in [2.24, 2.45) is 0 Å². The van der Waals surface area contributed by atoms with E-state index in [1.165, 1.54) is 0 Å². The molecule has 2 rings (SSSR count). The monoisotopic (exact) mass is 371 g/mol. The van der Waals surface area contributed by atoms with Crippen molar-refractivity contribution in [1.82, 2.24) is 0 Å². The van der Waals surface area contributed by atoms with Crippen LogP contribution in [0.5, 0.6) is 0 Å². The summed E-state index contributed by atoms with van der Waals surface area (Å²) in [6.45, 7) is 3.78. The lowest BCUT2D eigenvalue weighted by Gasteiger charge is -2.11. The second-order valence-corrected chi connectivity index (χ2v) is 6.23. The Bertz CT molecular complexity index is 666. The van der Waals surface area contributed by atoms with Gasteiger partial charge in [-0.15, -0.1) is 0 Å². The fourth-order valence-electron chi connectivity index (χ4n) is 1.82. The fourth-order valence-corrected chi connectivity index (χ4v) is 2.90. The summed E-state index contributed by atoms with van der Waals surface area (Å²) in [6.07, 6.45) is 0. The summed E-state index contributed by atoms with van der Waals surface area (Å²) in [6, 6.07) is 9.01. The minimum Gasteiger partial charge on any atom is -0.319 e. The Kier molecular flexibility index (Phi) is 4.74. The molecule has 104 valence electrons. The number of benzene rings is 2. The van der Waals surface area contributed by atoms with Crippen LogP contribution in [-0.4, -0.2) is 5.91 Å². The summed E-state index contributed by atoms with van der Waals surface area (Å²) < 4.78 is 0.851. The van der Waals surface area contributed by atoms with Gasteiger partial charge in [-0.05, 0) is 49.2 Å². The number of hydrogen-bond acceptors (Lipinski definition) is 1. The van der Waals surface area contributed by atoms with Crippen LogP contribution >= 0.6 is 39.1 Å². The molecule has 0 atom stereocenters. The van der Waals surface area contributed by atoms with Crippen LogP contribution in [0.3, 0.4) is 0 Å². The molecule has 0 spiro atoms. The van der Waals surface area contributed by atoms with E-state index < -0.39 is 0 Å². The minimum atomic E-state index is -0.246. The maximum Gasteiger partial charge on any atom is 0.255 e. The van der Waals surface area contributed by atoms with E-state index in [4.69, 9.17) is 23.2 Å². The molecule has 0 aliphatic rings. The zero-order chi connectivity index (χ0) is 14.9. The molecule has 2 nitrogen and oxygen atoms in total. The van der Waals surface area contributed by atoms with Gasteiger partial charge in [0.05, 0.1) is 15.7 Å². The number of amides is 1. The minimum absolute atomic E-state index is 0.246. The summed E-state index contributed by atoms with van der Waals surface area (Å²) in [4.78, 5) is 12.3. The number of carbonyl (C=O) groups is 1. The van der Waals surface area contributed by atoms with E-state index >= 15 is 0 Å². The van der Waals surface area contributed by atoms with Crippen molar-refractivity contribution < 1.29 is 4.79 Å². The lowest BCUT2D eigenvalue weighted by Crippen LogP contribution is -2.13. The van der Waals surface area contributed by atoms with Crippen LogP contribution in [0.4, 0.5) is 5.69 Å². The predicted octanol–water partition coefficient (Wildman–Crippen LogP) is 5.63. The standard InChI is InChI=1S/C15H12BrCl2NO/c1-8-5-10(7-11(16)6-8)15(20)19-14-12(17)4-3-9(2)13(14)18/h3-7H,1-2H3,(H,19,20). The third-order valence-corrected chi connectivity index (χ3v) is 4.09. The molecule has 0 saturated carbocycles. The van der Waals surface area contributed by atoms with E-state index in [1.807, 2.05) is 26.0 Å². The zero-order valence-electron chi connectivity index (χ0n) is 10.9. The first kappa shape index (κ1) is 15.4. The Morgan fingerprint density at radius 3 is 2.50 bits per heavy atom. The van der Waals surface area contributed by atoms with E-state index in [1.54, 1.807) is 18.2 Å². The van der Waals surface area contributed by atoms with Crippen LogP contribution in [-0.2, 0) is 0 Å². The SMILES string of the molecule is Cc1cc(Br)cc(C(=O)Nc2c(Cl)ccc(C)c2Cl)c1. The van der Waals surface area contributed by atoms with Crippen molar-refractivity contribution in [3.63, 3.8) is 0 Å². The summed E-state index contributed by atoms with van der Waals surface area (Å²) in [5, 5.41) is 3.64. The smallest absolute Gasteiger partial charge is 0.255 e. The highest BCUT2D eigenvalue weighted by molar-refractivity contribution is 9.10. The van der Waals surface area contributed by atoms with E-state index in [2.05, 4.69) is 21.2 Å². The van der Waals surface area contributed by atoms with Gasteiger partial charge in [0.2, 0.25) is 0 Å². The third-order valence-electron chi connectivity index (χ3n) is 2.83. The predicted molar refractivity (Wildman–Crippen MR) is 88.0 cm³/mol. The van der Waals surface area contributed by atoms with Gasteiger partial charge in [0.25, 0.3) is 5.91 Å². The van der Waals surface area contributed by atoms with Crippen LogP contribution in [0.2, 0.25) is 10.0 Å². The topological polar surface area (TPSA) is 29.1 Å². The molecule has 0 radical (unpaired) electrons. The lowest BCUT2D eigenvalue weighted by molar-refractivity contribution is 0.102. The van der Waals surface area contributed by atoms with Crippen molar-refractivity contribution in [2.75, 3.05) is 5.32 Å². The quantitative estimate of drug-likeness (QED) is 0.727. The van der Waals surface area contributed by atoms with Gasteiger partial charge >= 0.3 is 0 Å². The summed E-state index contributed by atoms with van der Waals surface area (Å²) in [5.74, 6) is -0.246. The second-order valence-electron chi connectivity index (χ2n) is 4.52. The largest absolute Gasteiger partial charge is 0.319 e. The van der Waals surface area contributed by atoms with Crippen LogP contribution in [0.25, 0.3) is 0 Å². The van der Waals surface area contributed by atoms with Gasteiger partial charge < -0.3 is 5.32 Å². The van der Waals surface area contributed by atoms with Crippen molar-refractivity contribution in [3.05, 3.63) is 61.5 Å². The van der Waals surface area contributed by atoms with Crippen molar-refractivity contribution in [3.8, 4) is 0 Å². The number of anilines is 1. The number of carbonyl (C=O) groups excluding carboxylic acids is 1. The van der Waals surface area contributed by atoms with Gasteiger partial charge in [-0.3, -0.25) is 4.79 Å². The first-order valence-electron chi connectivity index (χ1n) is 5.91. The van der Waals surface area contributed by atoms with Gasteiger partial charge in [0.1, 0.15) is 0 Å². The number of nitrogens with one attached hydrogen (secondary N) is 1. The molecule has 5 heteroatoms. The average molecular weight is 373 g/mol. The number of aryl methyl sites for hydroxylation is 2. The fraction of sp³-hybridized carbons (Fsp3) is 0.133. The molecule has 0 aliphatic carbocycles. The van der Waals surface area contributed by atoms with Crippen molar-refractivity contribution in [1.29, 1.82) is 0 Å². The number of halogens is 3. The van der Waals surface area contributed by atoms with Crippen molar-refractivity contribution >= 4 is 50.7 Å². The van der Waals surface area contributed by atoms with Gasteiger partial charge in [0.15, 0.2) is 0 Å². The van der Waals surface area contributed by atoms with E-state index in [-0.39, 0.29) is 5.91 Å². The molecule has 0 unspecified atom stereocenters. The van der Waals surface area contributed by atoms with E-state index in [0.717, 1.165) is 15.6 Å². The van der Waals surface area contributed by atoms with Crippen molar-refractivity contribution in [2.45, 2.75) is 13.8 Å². The Morgan fingerprint density at radius 2 is 1.85 bits per heavy atom. The van der Waals surface area contributed by atoms with Gasteiger partial charge in [-0.2, -0.15) is 0 Å². The average Bonchev–Trinajstić information content (AvgIpc) is 2.38. The first-order valence-corrected chi connectivity index (χ1v) is 7.46. The molecule has 0 heterocycles. The maximum atomic E-state index is 12.3. The molecule has 0 saturated heterocycles. The molecular formula is C15H12BrCl2NO. The lowest BCUT2D eigenvalue weighted by atomic mass is 10.1. The van der Waals surface area contributed by atoms with Crippen LogP contribution < -0.4 is 5.32 Å². The highest BCUT2D eigenvalue weighted by Gasteiger charge is 2.13. The Balaban J connectivity index is 2.35. The molecule has 0 aromatic heterocycles. The second kappa shape index (κ2) is 6.17. The Labute approximate surface area is 136 Å². The molecule has 2 aromatic carbocycles. The number of hydrogen-bond donors (Lipinski definition) is 1. The zero-order valence-corrected chi connectivity index (χ0v) is 14.0. The molecule has 1 amide bonds. The molecule has 0 bridgehead atoms. The highest BCUT2D eigenvalue weighted by Crippen LogP contribution is 2.33. The van der Waals surface area contributed by atoms with Crippen LogP contribution in [0, 0.1) is 13.8 Å². The molecular weight excluding hydrogens is 361 g/mol. The summed E-state index contributed by atoms with van der Waals surface area (Å²) in [7, 11) is 0.